The van der Waals surface area contributed by atoms with Gasteiger partial charge in [0.15, 0.2) is 5.69 Å². The van der Waals surface area contributed by atoms with Gasteiger partial charge < -0.3 is 9.47 Å². The number of halogens is 3. The molecule has 0 spiro atoms. The van der Waals surface area contributed by atoms with Gasteiger partial charge in [0.2, 0.25) is 0 Å². The van der Waals surface area contributed by atoms with Crippen LogP contribution in [-0.4, -0.2) is 61.9 Å². The topological polar surface area (TPSA) is 59.2 Å². The maximum Gasteiger partial charge on any atom is 0.390 e. The summed E-state index contributed by atoms with van der Waals surface area (Å²) in [7, 11) is 3.23. The Morgan fingerprint density at radius 2 is 2.00 bits per heavy atom. The highest BCUT2D eigenvalue weighted by Gasteiger charge is 2.32. The van der Waals surface area contributed by atoms with Crippen LogP contribution in [0, 0.1) is 0 Å². The first-order chi connectivity index (χ1) is 15.2. The molecular formula is C22H25F3N6O. The molecule has 0 N–H and O–H groups in total. The largest absolute Gasteiger partial charge is 0.390 e. The molecule has 3 aromatic rings. The van der Waals surface area contributed by atoms with Crippen molar-refractivity contribution in [2.45, 2.75) is 38.7 Å². The van der Waals surface area contributed by atoms with E-state index in [0.717, 1.165) is 17.2 Å². The van der Waals surface area contributed by atoms with Crippen LogP contribution in [-0.2, 0) is 26.1 Å². The normalized spacial score (nSPS) is 14.4. The van der Waals surface area contributed by atoms with Crippen molar-refractivity contribution in [2.24, 2.45) is 0 Å². The number of aryl methyl sites for hydroxylation is 1. The third kappa shape index (κ3) is 4.69. The highest BCUT2D eigenvalue weighted by atomic mass is 19.4. The van der Waals surface area contributed by atoms with Gasteiger partial charge >= 0.3 is 6.18 Å². The van der Waals surface area contributed by atoms with E-state index in [1.165, 1.54) is 9.58 Å². The smallest absolute Gasteiger partial charge is 0.343 e. The van der Waals surface area contributed by atoms with Gasteiger partial charge in [0.05, 0.1) is 6.42 Å². The highest BCUT2D eigenvalue weighted by molar-refractivity contribution is 5.93. The van der Waals surface area contributed by atoms with Gasteiger partial charge in [0, 0.05) is 76.0 Å². The lowest BCUT2D eigenvalue weighted by Gasteiger charge is -2.28. The molecule has 1 aliphatic rings. The summed E-state index contributed by atoms with van der Waals surface area (Å²) < 4.78 is 41.7. The van der Waals surface area contributed by atoms with Crippen molar-refractivity contribution < 1.29 is 18.0 Å². The molecule has 170 valence electrons. The molecule has 7 nitrogen and oxygen atoms in total. The first-order valence-electron chi connectivity index (χ1n) is 10.4. The highest BCUT2D eigenvalue weighted by Crippen LogP contribution is 2.27. The standard InChI is InChI=1S/C22H25F3N6O/c1-28(2)21(32)20-17-15-29(12-8-18(17)31(27-20)13-9-22(23,24)25)14-16-6-5-11-30(16)19-7-3-4-10-26-19/h3-7,10-11H,8-9,12-15H2,1-2H3. The van der Waals surface area contributed by atoms with Gasteiger partial charge in [-0.05, 0) is 24.3 Å². The molecule has 0 bridgehead atoms. The fourth-order valence-corrected chi connectivity index (χ4v) is 3.98. The number of hydrogen-bond acceptors (Lipinski definition) is 4. The van der Waals surface area contributed by atoms with E-state index in [1.54, 1.807) is 20.3 Å². The Morgan fingerprint density at radius 3 is 2.69 bits per heavy atom. The molecule has 0 saturated carbocycles. The third-order valence-corrected chi connectivity index (χ3v) is 5.54. The minimum Gasteiger partial charge on any atom is -0.343 e. The van der Waals surface area contributed by atoms with Crippen molar-refractivity contribution >= 4 is 5.91 Å². The maximum atomic E-state index is 12.8. The lowest BCUT2D eigenvalue weighted by atomic mass is 10.0. The maximum absolute atomic E-state index is 12.8. The van der Waals surface area contributed by atoms with E-state index in [1.807, 2.05) is 41.1 Å². The van der Waals surface area contributed by atoms with Crippen LogP contribution in [0.5, 0.6) is 0 Å². The zero-order chi connectivity index (χ0) is 22.9. The Morgan fingerprint density at radius 1 is 1.19 bits per heavy atom. The predicted octanol–water partition coefficient (Wildman–Crippen LogP) is 3.28. The van der Waals surface area contributed by atoms with Crippen molar-refractivity contribution in [3.8, 4) is 5.82 Å². The van der Waals surface area contributed by atoms with Gasteiger partial charge in [-0.3, -0.25) is 14.4 Å². The Hall–Kier alpha value is -3.14. The fraction of sp³-hybridized carbons (Fsp3) is 0.409. The second-order valence-electron chi connectivity index (χ2n) is 8.08. The van der Waals surface area contributed by atoms with Crippen molar-refractivity contribution in [1.82, 2.24) is 29.1 Å². The minimum atomic E-state index is -4.28. The number of hydrogen-bond donors (Lipinski definition) is 0. The second-order valence-corrected chi connectivity index (χ2v) is 8.08. The van der Waals surface area contributed by atoms with Crippen LogP contribution in [0.25, 0.3) is 5.82 Å². The van der Waals surface area contributed by atoms with E-state index in [4.69, 9.17) is 0 Å². The molecule has 1 amide bonds. The summed E-state index contributed by atoms with van der Waals surface area (Å²) >= 11 is 0. The molecule has 0 aliphatic carbocycles. The second kappa shape index (κ2) is 8.78. The molecule has 0 radical (unpaired) electrons. The quantitative estimate of drug-likeness (QED) is 0.583. The molecule has 10 heteroatoms. The van der Waals surface area contributed by atoms with Gasteiger partial charge in [-0.2, -0.15) is 18.3 Å². The van der Waals surface area contributed by atoms with Crippen molar-refractivity contribution in [3.05, 3.63) is 65.4 Å². The number of pyridine rings is 1. The number of aromatic nitrogens is 4. The molecule has 3 aromatic heterocycles. The van der Waals surface area contributed by atoms with E-state index in [9.17, 15) is 18.0 Å². The minimum absolute atomic E-state index is 0.233. The zero-order valence-electron chi connectivity index (χ0n) is 18.0. The number of nitrogens with zero attached hydrogens (tertiary/aromatic N) is 6. The van der Waals surface area contributed by atoms with Crippen LogP contribution in [0.1, 0.15) is 33.9 Å². The average molecular weight is 446 g/mol. The van der Waals surface area contributed by atoms with Gasteiger partial charge in [0.1, 0.15) is 5.82 Å². The summed E-state index contributed by atoms with van der Waals surface area (Å²) in [5, 5.41) is 4.30. The fourth-order valence-electron chi connectivity index (χ4n) is 3.98. The lowest BCUT2D eigenvalue weighted by Crippen LogP contribution is -2.33. The SMILES string of the molecule is CN(C)C(=O)c1nn(CCC(F)(F)F)c2c1CN(Cc1cccn1-c1ccccn1)CC2. The van der Waals surface area contributed by atoms with E-state index in [-0.39, 0.29) is 18.1 Å². The van der Waals surface area contributed by atoms with Crippen molar-refractivity contribution in [1.29, 1.82) is 0 Å². The first kappa shape index (κ1) is 22.1. The molecule has 4 rings (SSSR count). The molecule has 0 aromatic carbocycles. The van der Waals surface area contributed by atoms with Gasteiger partial charge in [-0.15, -0.1) is 0 Å². The summed E-state index contributed by atoms with van der Waals surface area (Å²) in [5.41, 5.74) is 2.71. The Bertz CT molecular complexity index is 1090. The lowest BCUT2D eigenvalue weighted by molar-refractivity contribution is -0.137. The number of carbonyl (C=O) groups excluding carboxylic acids is 1. The van der Waals surface area contributed by atoms with Gasteiger partial charge in [0.25, 0.3) is 5.91 Å². The van der Waals surface area contributed by atoms with Crippen LogP contribution >= 0.6 is 0 Å². The van der Waals surface area contributed by atoms with E-state index < -0.39 is 12.6 Å². The number of carbonyl (C=O) groups is 1. The number of fused-ring (bicyclic) bond motifs is 1. The molecule has 4 heterocycles. The number of alkyl halides is 3. The third-order valence-electron chi connectivity index (χ3n) is 5.54. The van der Waals surface area contributed by atoms with Crippen LogP contribution < -0.4 is 0 Å². The molecule has 0 unspecified atom stereocenters. The van der Waals surface area contributed by atoms with Gasteiger partial charge in [-0.1, -0.05) is 6.07 Å². The van der Waals surface area contributed by atoms with E-state index in [2.05, 4.69) is 15.0 Å². The predicted molar refractivity (Wildman–Crippen MR) is 112 cm³/mol. The molecule has 0 fully saturated rings. The van der Waals surface area contributed by atoms with Crippen molar-refractivity contribution in [3.63, 3.8) is 0 Å². The number of rotatable bonds is 6. The monoisotopic (exact) mass is 446 g/mol. The van der Waals surface area contributed by atoms with E-state index >= 15 is 0 Å². The van der Waals surface area contributed by atoms with Crippen LogP contribution in [0.4, 0.5) is 13.2 Å². The Labute approximate surface area is 184 Å². The molecule has 1 aliphatic heterocycles. The summed E-state index contributed by atoms with van der Waals surface area (Å²) in [6, 6.07) is 9.68. The molecular weight excluding hydrogens is 421 g/mol. The molecule has 32 heavy (non-hydrogen) atoms. The summed E-state index contributed by atoms with van der Waals surface area (Å²) in [6.45, 7) is 1.44. The Balaban J connectivity index is 1.58. The van der Waals surface area contributed by atoms with E-state index in [0.29, 0.717) is 31.6 Å². The van der Waals surface area contributed by atoms with Crippen LogP contribution in [0.2, 0.25) is 0 Å². The number of amides is 1. The van der Waals surface area contributed by atoms with Gasteiger partial charge in [-0.25, -0.2) is 4.98 Å². The van der Waals surface area contributed by atoms with Crippen LogP contribution in [0.15, 0.2) is 42.7 Å². The molecule has 0 saturated heterocycles. The van der Waals surface area contributed by atoms with Crippen molar-refractivity contribution in [2.75, 3.05) is 20.6 Å². The summed E-state index contributed by atoms with van der Waals surface area (Å²) in [5.74, 6) is 0.513. The summed E-state index contributed by atoms with van der Waals surface area (Å²) in [6.07, 6.45) is -1.03. The zero-order valence-corrected chi connectivity index (χ0v) is 18.0. The summed E-state index contributed by atoms with van der Waals surface area (Å²) in [4.78, 5) is 20.7. The van der Waals surface area contributed by atoms with Crippen LogP contribution in [0.3, 0.4) is 0 Å². The molecule has 0 atom stereocenters. The Kier molecular flexibility index (Phi) is 6.05. The first-order valence-corrected chi connectivity index (χ1v) is 10.4. The average Bonchev–Trinajstić information content (AvgIpc) is 3.36.